The maximum absolute atomic E-state index is 11.8. The molecule has 114 valence electrons. The highest BCUT2D eigenvalue weighted by atomic mass is 32.1. The first kappa shape index (κ1) is 14.2. The third-order valence-corrected chi connectivity index (χ3v) is 4.79. The normalized spacial score (nSPS) is 11.3. The summed E-state index contributed by atoms with van der Waals surface area (Å²) in [5, 5.41) is 8.76. The molecule has 2 heterocycles. The summed E-state index contributed by atoms with van der Waals surface area (Å²) in [6, 6.07) is 17.8. The molecule has 1 N–H and O–H groups in total. The number of rotatable bonds is 4. The van der Waals surface area contributed by atoms with E-state index in [1.807, 2.05) is 30.3 Å². The molecule has 0 bridgehead atoms. The summed E-state index contributed by atoms with van der Waals surface area (Å²) in [7, 11) is 0. The van der Waals surface area contributed by atoms with Crippen LogP contribution in [0.5, 0.6) is 0 Å². The van der Waals surface area contributed by atoms with Crippen molar-refractivity contribution < 1.29 is 4.42 Å². The highest BCUT2D eigenvalue weighted by Crippen LogP contribution is 2.27. The summed E-state index contributed by atoms with van der Waals surface area (Å²) >= 11 is 1.72. The van der Waals surface area contributed by atoms with Crippen LogP contribution in [0.3, 0.4) is 0 Å². The van der Waals surface area contributed by atoms with Gasteiger partial charge in [0.15, 0.2) is 0 Å². The lowest BCUT2D eigenvalue weighted by molar-refractivity contribution is 0.557. The molecule has 0 aliphatic rings. The fraction of sp³-hybridized carbons (Fsp3) is 0.105. The van der Waals surface area contributed by atoms with Gasteiger partial charge in [0.2, 0.25) is 0 Å². The van der Waals surface area contributed by atoms with Gasteiger partial charge in [-0.2, -0.15) is 0 Å². The van der Waals surface area contributed by atoms with Crippen LogP contribution in [-0.4, -0.2) is 0 Å². The summed E-state index contributed by atoms with van der Waals surface area (Å²) in [5.74, 6) is 0. The number of hydrogen-bond acceptors (Lipinski definition) is 4. The predicted molar refractivity (Wildman–Crippen MR) is 94.9 cm³/mol. The van der Waals surface area contributed by atoms with Crippen LogP contribution in [0.15, 0.2) is 69.2 Å². The molecule has 0 aliphatic heterocycles. The molecule has 0 unspecified atom stereocenters. The summed E-state index contributed by atoms with van der Waals surface area (Å²) < 4.78 is 5.38. The van der Waals surface area contributed by atoms with Crippen molar-refractivity contribution in [3.8, 4) is 0 Å². The van der Waals surface area contributed by atoms with E-state index in [0.717, 1.165) is 28.3 Å². The zero-order chi connectivity index (χ0) is 15.6. The molecule has 0 aliphatic carbocycles. The second-order valence-electron chi connectivity index (χ2n) is 5.43. The average Bonchev–Trinajstić information content (AvgIpc) is 3.07. The Bertz CT molecular complexity index is 1020. The van der Waals surface area contributed by atoms with Crippen molar-refractivity contribution in [2.24, 2.45) is 0 Å². The van der Waals surface area contributed by atoms with Crippen LogP contribution in [-0.2, 0) is 13.1 Å². The molecule has 3 nitrogen and oxygen atoms in total. The second-order valence-corrected chi connectivity index (χ2v) is 6.47. The highest BCUT2D eigenvalue weighted by molar-refractivity contribution is 7.09. The second kappa shape index (κ2) is 5.99. The standard InChI is InChI=1S/C19H15NO2S/c21-18-10-14(11-20-12-15-5-3-9-23-15)19-16-6-2-1-4-13(16)7-8-17(19)22-18/h1-10,20H,11-12H2. The van der Waals surface area contributed by atoms with Gasteiger partial charge in [-0.05, 0) is 33.8 Å². The Balaban J connectivity index is 1.77. The van der Waals surface area contributed by atoms with Gasteiger partial charge in [-0.3, -0.25) is 0 Å². The van der Waals surface area contributed by atoms with E-state index in [1.54, 1.807) is 17.4 Å². The zero-order valence-corrected chi connectivity index (χ0v) is 13.2. The molecule has 0 saturated heterocycles. The van der Waals surface area contributed by atoms with E-state index in [0.29, 0.717) is 12.1 Å². The fourth-order valence-electron chi connectivity index (χ4n) is 2.89. The van der Waals surface area contributed by atoms with E-state index in [-0.39, 0.29) is 5.63 Å². The molecule has 2 aromatic heterocycles. The molecule has 4 rings (SSSR count). The van der Waals surface area contributed by atoms with Gasteiger partial charge in [0.25, 0.3) is 0 Å². The monoisotopic (exact) mass is 321 g/mol. The largest absolute Gasteiger partial charge is 0.423 e. The van der Waals surface area contributed by atoms with Gasteiger partial charge in [-0.15, -0.1) is 11.3 Å². The van der Waals surface area contributed by atoms with Crippen LogP contribution in [0.2, 0.25) is 0 Å². The lowest BCUT2D eigenvalue weighted by Crippen LogP contribution is -2.14. The lowest BCUT2D eigenvalue weighted by atomic mass is 10.0. The lowest BCUT2D eigenvalue weighted by Gasteiger charge is -2.09. The maximum Gasteiger partial charge on any atom is 0.336 e. The number of fused-ring (bicyclic) bond motifs is 3. The zero-order valence-electron chi connectivity index (χ0n) is 12.4. The van der Waals surface area contributed by atoms with E-state index in [1.165, 1.54) is 4.88 Å². The first-order chi connectivity index (χ1) is 11.3. The minimum absolute atomic E-state index is 0.305. The fourth-order valence-corrected chi connectivity index (χ4v) is 3.57. The quantitative estimate of drug-likeness (QED) is 0.450. The van der Waals surface area contributed by atoms with Crippen LogP contribution in [0.1, 0.15) is 10.4 Å². The van der Waals surface area contributed by atoms with E-state index >= 15 is 0 Å². The van der Waals surface area contributed by atoms with Crippen molar-refractivity contribution >= 4 is 33.1 Å². The SMILES string of the molecule is O=c1cc(CNCc2cccs2)c2c(ccc3ccccc32)o1. The Kier molecular flexibility index (Phi) is 3.69. The van der Waals surface area contributed by atoms with Gasteiger partial charge in [0.1, 0.15) is 5.58 Å². The van der Waals surface area contributed by atoms with Gasteiger partial charge in [-0.1, -0.05) is 36.4 Å². The van der Waals surface area contributed by atoms with Crippen LogP contribution < -0.4 is 10.9 Å². The summed E-state index contributed by atoms with van der Waals surface area (Å²) in [4.78, 5) is 13.1. The number of benzene rings is 2. The van der Waals surface area contributed by atoms with Crippen LogP contribution in [0, 0.1) is 0 Å². The van der Waals surface area contributed by atoms with E-state index in [4.69, 9.17) is 4.42 Å². The van der Waals surface area contributed by atoms with Crippen molar-refractivity contribution in [1.82, 2.24) is 5.32 Å². The number of thiophene rings is 1. The van der Waals surface area contributed by atoms with Crippen molar-refractivity contribution in [3.05, 3.63) is 80.8 Å². The van der Waals surface area contributed by atoms with Crippen LogP contribution in [0.25, 0.3) is 21.7 Å². The van der Waals surface area contributed by atoms with Gasteiger partial charge in [-0.25, -0.2) is 4.79 Å². The van der Waals surface area contributed by atoms with Crippen molar-refractivity contribution in [1.29, 1.82) is 0 Å². The predicted octanol–water partition coefficient (Wildman–Crippen LogP) is 4.30. The molecule has 4 aromatic rings. The number of hydrogen-bond donors (Lipinski definition) is 1. The van der Waals surface area contributed by atoms with E-state index < -0.39 is 0 Å². The molecule has 0 amide bonds. The molecule has 2 aromatic carbocycles. The molecule has 0 saturated carbocycles. The van der Waals surface area contributed by atoms with Gasteiger partial charge < -0.3 is 9.73 Å². The van der Waals surface area contributed by atoms with E-state index in [9.17, 15) is 4.79 Å². The Hall–Kier alpha value is -2.43. The highest BCUT2D eigenvalue weighted by Gasteiger charge is 2.09. The molecule has 0 spiro atoms. The Morgan fingerprint density at radius 2 is 1.91 bits per heavy atom. The van der Waals surface area contributed by atoms with E-state index in [2.05, 4.69) is 28.9 Å². The molecule has 4 heteroatoms. The topological polar surface area (TPSA) is 42.2 Å². The molecular formula is C19H15NO2S. The minimum atomic E-state index is -0.305. The first-order valence-corrected chi connectivity index (χ1v) is 8.37. The van der Waals surface area contributed by atoms with Crippen LogP contribution in [0.4, 0.5) is 0 Å². The van der Waals surface area contributed by atoms with Crippen LogP contribution >= 0.6 is 11.3 Å². The minimum Gasteiger partial charge on any atom is -0.423 e. The van der Waals surface area contributed by atoms with Crippen molar-refractivity contribution in [2.45, 2.75) is 13.1 Å². The molecular weight excluding hydrogens is 306 g/mol. The smallest absolute Gasteiger partial charge is 0.336 e. The van der Waals surface area contributed by atoms with Crippen molar-refractivity contribution in [3.63, 3.8) is 0 Å². The molecule has 0 atom stereocenters. The van der Waals surface area contributed by atoms with Gasteiger partial charge in [0.05, 0.1) is 0 Å². The summed E-state index contributed by atoms with van der Waals surface area (Å²) in [6.07, 6.45) is 0. The van der Waals surface area contributed by atoms with Crippen molar-refractivity contribution in [2.75, 3.05) is 0 Å². The summed E-state index contributed by atoms with van der Waals surface area (Å²) in [6.45, 7) is 1.43. The Morgan fingerprint density at radius 3 is 2.78 bits per heavy atom. The Morgan fingerprint density at radius 1 is 1.00 bits per heavy atom. The van der Waals surface area contributed by atoms with Gasteiger partial charge >= 0.3 is 5.63 Å². The third kappa shape index (κ3) is 2.79. The molecule has 23 heavy (non-hydrogen) atoms. The van der Waals surface area contributed by atoms with Gasteiger partial charge in [0, 0.05) is 29.4 Å². The molecule has 0 radical (unpaired) electrons. The summed E-state index contributed by atoms with van der Waals surface area (Å²) in [5.41, 5.74) is 1.31. The first-order valence-electron chi connectivity index (χ1n) is 7.49. The maximum atomic E-state index is 11.8. The number of nitrogens with one attached hydrogen (secondary N) is 1. The Labute approximate surface area is 137 Å². The third-order valence-electron chi connectivity index (χ3n) is 3.91. The average molecular weight is 321 g/mol. The molecule has 0 fully saturated rings.